The minimum atomic E-state index is -1.12. The molecule has 0 aliphatic carbocycles. The van der Waals surface area contributed by atoms with Crippen LogP contribution in [0.5, 0.6) is 5.75 Å². The van der Waals surface area contributed by atoms with Crippen molar-refractivity contribution in [1.82, 2.24) is 15.1 Å². The van der Waals surface area contributed by atoms with E-state index in [2.05, 4.69) is 41.4 Å². The number of hydrogen-bond donors (Lipinski definition) is 3. The maximum absolute atomic E-state index is 13.6. The van der Waals surface area contributed by atoms with Gasteiger partial charge in [0.15, 0.2) is 0 Å². The smallest absolute Gasteiger partial charge is 0.323 e. The second kappa shape index (κ2) is 14.8. The number of anilines is 2. The van der Waals surface area contributed by atoms with E-state index in [1.165, 1.54) is 5.56 Å². The van der Waals surface area contributed by atoms with E-state index in [1.807, 2.05) is 78.3 Å². The number of urea groups is 1. The highest BCUT2D eigenvalue weighted by molar-refractivity contribution is 5.96. The van der Waals surface area contributed by atoms with Crippen LogP contribution >= 0.6 is 0 Å². The summed E-state index contributed by atoms with van der Waals surface area (Å²) >= 11 is 0. The fourth-order valence-corrected chi connectivity index (χ4v) is 5.96. The van der Waals surface area contributed by atoms with Crippen LogP contribution in [0.15, 0.2) is 85.2 Å². The van der Waals surface area contributed by atoms with Gasteiger partial charge in [-0.2, -0.15) is 5.10 Å². The summed E-state index contributed by atoms with van der Waals surface area (Å²) in [5.74, 6) is -0.0723. The SMILES string of the molecule is C=C(C)C1CCN(C(=O)CCCOc2cccc(C)c2C)c2cccc(-c3cnn(Cc4cccc(NC(=O)NCC(=O)O)c4)c3)c21. The number of allylic oxidation sites excluding steroid dienone is 1. The number of benzene rings is 3. The Morgan fingerprint density at radius 3 is 2.66 bits per heavy atom. The number of aromatic nitrogens is 2. The molecular formula is C37H41N5O5. The fraction of sp³-hybridized carbons (Fsp3) is 0.297. The van der Waals surface area contributed by atoms with Crippen molar-refractivity contribution in [3.8, 4) is 16.9 Å². The Labute approximate surface area is 275 Å². The number of ether oxygens (including phenoxy) is 1. The van der Waals surface area contributed by atoms with Gasteiger partial charge in [-0.25, -0.2) is 4.79 Å². The predicted octanol–water partition coefficient (Wildman–Crippen LogP) is 6.68. The molecule has 3 amide bonds. The molecule has 244 valence electrons. The van der Waals surface area contributed by atoms with Crippen molar-refractivity contribution in [3.05, 3.63) is 107 Å². The van der Waals surface area contributed by atoms with Crippen molar-refractivity contribution in [2.75, 3.05) is 29.9 Å². The summed E-state index contributed by atoms with van der Waals surface area (Å²) in [6.07, 6.45) is 5.61. The number of hydrogen-bond acceptors (Lipinski definition) is 5. The molecule has 0 saturated carbocycles. The number of carbonyl (C=O) groups is 3. The van der Waals surface area contributed by atoms with Crippen LogP contribution in [0.25, 0.3) is 11.1 Å². The maximum atomic E-state index is 13.6. The molecule has 0 spiro atoms. The number of aryl methyl sites for hydroxylation is 1. The minimum absolute atomic E-state index is 0.0777. The molecule has 0 fully saturated rings. The van der Waals surface area contributed by atoms with Crippen LogP contribution in [0.4, 0.5) is 16.2 Å². The van der Waals surface area contributed by atoms with Crippen molar-refractivity contribution < 1.29 is 24.2 Å². The molecule has 10 nitrogen and oxygen atoms in total. The van der Waals surface area contributed by atoms with Gasteiger partial charge in [0.25, 0.3) is 0 Å². The summed E-state index contributed by atoms with van der Waals surface area (Å²) in [7, 11) is 0. The van der Waals surface area contributed by atoms with Crippen molar-refractivity contribution in [2.24, 2.45) is 0 Å². The standard InChI is InChI=1S/C37H41N5O5/c1-24(2)30-16-17-42(34(43)15-8-18-47-33-14-5-9-25(3)26(33)4)32-13-7-12-31(36(30)32)28-20-39-41(23-28)22-27-10-6-11-29(19-27)40-37(46)38-21-35(44)45/h5-7,9-14,19-20,23,30H,1,8,15-18,21-22H2,2-4H3,(H,44,45)(H2,38,40,46). The molecule has 1 aliphatic rings. The van der Waals surface area contributed by atoms with Crippen LogP contribution < -0.4 is 20.3 Å². The van der Waals surface area contributed by atoms with Crippen LogP contribution in [0.2, 0.25) is 0 Å². The van der Waals surface area contributed by atoms with Gasteiger partial charge in [0.2, 0.25) is 5.91 Å². The number of carboxylic acids is 1. The van der Waals surface area contributed by atoms with E-state index < -0.39 is 18.5 Å². The number of rotatable bonds is 12. The average Bonchev–Trinajstić information content (AvgIpc) is 3.51. The van der Waals surface area contributed by atoms with Crippen molar-refractivity contribution >= 4 is 29.3 Å². The van der Waals surface area contributed by atoms with Gasteiger partial charge >= 0.3 is 12.0 Å². The zero-order chi connectivity index (χ0) is 33.5. The third-order valence-electron chi connectivity index (χ3n) is 8.48. The third kappa shape index (κ3) is 8.07. The Morgan fingerprint density at radius 1 is 1.09 bits per heavy atom. The quantitative estimate of drug-likeness (QED) is 0.118. The lowest BCUT2D eigenvalue weighted by Gasteiger charge is -2.36. The average molecular weight is 636 g/mol. The lowest BCUT2D eigenvalue weighted by Crippen LogP contribution is -2.37. The number of aliphatic carboxylic acids is 1. The van der Waals surface area contributed by atoms with E-state index in [-0.39, 0.29) is 11.8 Å². The topological polar surface area (TPSA) is 126 Å². The first-order valence-corrected chi connectivity index (χ1v) is 15.8. The Balaban J connectivity index is 1.30. The Kier molecular flexibility index (Phi) is 10.4. The number of carboxylic acid groups (broad SMARTS) is 1. The first kappa shape index (κ1) is 33.0. The van der Waals surface area contributed by atoms with Gasteiger partial charge in [-0.1, -0.05) is 48.6 Å². The molecule has 47 heavy (non-hydrogen) atoms. The molecule has 4 aromatic rings. The van der Waals surface area contributed by atoms with Gasteiger partial charge in [0, 0.05) is 42.0 Å². The van der Waals surface area contributed by atoms with E-state index in [4.69, 9.17) is 9.84 Å². The van der Waals surface area contributed by atoms with Crippen molar-refractivity contribution in [3.63, 3.8) is 0 Å². The molecule has 0 bridgehead atoms. The van der Waals surface area contributed by atoms with Gasteiger partial charge in [0.05, 0.1) is 19.3 Å². The van der Waals surface area contributed by atoms with Gasteiger partial charge < -0.3 is 25.4 Å². The predicted molar refractivity (Wildman–Crippen MR) is 183 cm³/mol. The molecule has 1 aliphatic heterocycles. The molecule has 3 aromatic carbocycles. The second-order valence-electron chi connectivity index (χ2n) is 11.9. The summed E-state index contributed by atoms with van der Waals surface area (Å²) in [6, 6.07) is 18.8. The van der Waals surface area contributed by atoms with E-state index in [1.54, 1.807) is 6.07 Å². The Hall–Kier alpha value is -5.38. The van der Waals surface area contributed by atoms with Crippen LogP contribution in [0.1, 0.15) is 54.4 Å². The lowest BCUT2D eigenvalue weighted by atomic mass is 9.81. The summed E-state index contributed by atoms with van der Waals surface area (Å²) < 4.78 is 7.83. The Morgan fingerprint density at radius 2 is 1.87 bits per heavy atom. The number of nitrogens with zero attached hydrogens (tertiary/aromatic N) is 3. The highest BCUT2D eigenvalue weighted by atomic mass is 16.5. The molecule has 10 heteroatoms. The van der Waals surface area contributed by atoms with E-state index in [9.17, 15) is 14.4 Å². The van der Waals surface area contributed by atoms with Crippen molar-refractivity contribution in [1.29, 1.82) is 0 Å². The first-order chi connectivity index (χ1) is 22.6. The number of amides is 3. The summed E-state index contributed by atoms with van der Waals surface area (Å²) in [6.45, 7) is 11.5. The molecule has 1 unspecified atom stereocenters. The normalized spacial score (nSPS) is 13.9. The van der Waals surface area contributed by atoms with Gasteiger partial charge in [-0.3, -0.25) is 14.3 Å². The van der Waals surface area contributed by atoms with Gasteiger partial charge in [-0.05, 0) is 85.7 Å². The highest BCUT2D eigenvalue weighted by Crippen LogP contribution is 2.44. The zero-order valence-corrected chi connectivity index (χ0v) is 27.1. The number of nitrogens with one attached hydrogen (secondary N) is 2. The van der Waals surface area contributed by atoms with E-state index in [0.29, 0.717) is 38.2 Å². The largest absolute Gasteiger partial charge is 0.493 e. The summed E-state index contributed by atoms with van der Waals surface area (Å²) in [5.41, 5.74) is 8.76. The van der Waals surface area contributed by atoms with E-state index in [0.717, 1.165) is 51.2 Å². The minimum Gasteiger partial charge on any atom is -0.493 e. The molecule has 2 heterocycles. The van der Waals surface area contributed by atoms with Crippen LogP contribution in [-0.4, -0.2) is 52.5 Å². The molecule has 1 aromatic heterocycles. The van der Waals surface area contributed by atoms with Gasteiger partial charge in [-0.15, -0.1) is 0 Å². The first-order valence-electron chi connectivity index (χ1n) is 15.8. The molecular weight excluding hydrogens is 594 g/mol. The molecule has 0 saturated heterocycles. The molecule has 1 atom stereocenters. The number of carbonyl (C=O) groups excluding carboxylic acids is 2. The van der Waals surface area contributed by atoms with Gasteiger partial charge in [0.1, 0.15) is 12.3 Å². The monoisotopic (exact) mass is 635 g/mol. The maximum Gasteiger partial charge on any atom is 0.323 e. The third-order valence-corrected chi connectivity index (χ3v) is 8.48. The fourth-order valence-electron chi connectivity index (χ4n) is 5.96. The Bertz CT molecular complexity index is 1800. The van der Waals surface area contributed by atoms with E-state index >= 15 is 0 Å². The van der Waals surface area contributed by atoms with Crippen LogP contribution in [-0.2, 0) is 16.1 Å². The second-order valence-corrected chi connectivity index (χ2v) is 11.9. The van der Waals surface area contributed by atoms with Crippen molar-refractivity contribution in [2.45, 2.75) is 52.5 Å². The number of fused-ring (bicyclic) bond motifs is 1. The molecule has 3 N–H and O–H groups in total. The zero-order valence-electron chi connectivity index (χ0n) is 27.1. The summed E-state index contributed by atoms with van der Waals surface area (Å²) in [5, 5.41) is 18.3. The molecule has 5 rings (SSSR count). The summed E-state index contributed by atoms with van der Waals surface area (Å²) in [4.78, 5) is 38.2. The van der Waals surface area contributed by atoms with Crippen LogP contribution in [0, 0.1) is 13.8 Å². The van der Waals surface area contributed by atoms with Crippen LogP contribution in [0.3, 0.4) is 0 Å². The molecule has 0 radical (unpaired) electrons. The lowest BCUT2D eigenvalue weighted by molar-refractivity contribution is -0.135. The highest BCUT2D eigenvalue weighted by Gasteiger charge is 2.31.